The molecule has 0 radical (unpaired) electrons. The fourth-order valence-electron chi connectivity index (χ4n) is 7.60. The van der Waals surface area contributed by atoms with Crippen molar-refractivity contribution in [3.63, 3.8) is 0 Å². The predicted molar refractivity (Wildman–Crippen MR) is 269 cm³/mol. The van der Waals surface area contributed by atoms with Crippen LogP contribution in [0.15, 0.2) is 133 Å². The molecule has 0 bridgehead atoms. The van der Waals surface area contributed by atoms with Crippen LogP contribution in [-0.4, -0.2) is 113 Å². The van der Waals surface area contributed by atoms with Gasteiger partial charge in [-0.25, -0.2) is 22.6 Å². The van der Waals surface area contributed by atoms with Crippen LogP contribution >= 0.6 is 22.7 Å². The summed E-state index contributed by atoms with van der Waals surface area (Å²) in [6.45, 7) is -0.526. The Morgan fingerprint density at radius 2 is 1.07 bits per heavy atom. The molecule has 22 nitrogen and oxygen atoms in total. The highest BCUT2D eigenvalue weighted by Crippen LogP contribution is 2.33. The number of ether oxygens (including phenoxy) is 2. The maximum Gasteiger partial charge on any atom is 0.340 e. The van der Waals surface area contributed by atoms with Gasteiger partial charge in [-0.2, -0.15) is 0 Å². The van der Waals surface area contributed by atoms with Gasteiger partial charge in [-0.1, -0.05) is 46.9 Å². The fourth-order valence-corrected chi connectivity index (χ4v) is 9.99. The molecule has 26 heteroatoms. The Labute approximate surface area is 430 Å². The molecular formula is C48H38N12O10S4. The molecule has 1 unspecified atom stereocenters. The normalized spacial score (nSPS) is 12.0. The van der Waals surface area contributed by atoms with Gasteiger partial charge in [0, 0.05) is 33.8 Å². The minimum absolute atomic E-state index is 0.00440. The molecule has 0 aliphatic heterocycles. The monoisotopic (exact) mass is 1070 g/mol. The molecule has 10 aromatic rings. The van der Waals surface area contributed by atoms with E-state index in [2.05, 4.69) is 14.8 Å². The van der Waals surface area contributed by atoms with Crippen LogP contribution in [0.5, 0.6) is 11.5 Å². The first-order valence-corrected chi connectivity index (χ1v) is 26.4. The molecule has 6 aromatic carbocycles. The second-order valence-corrected chi connectivity index (χ2v) is 20.0. The van der Waals surface area contributed by atoms with E-state index >= 15 is 0 Å². The van der Waals surface area contributed by atoms with Crippen molar-refractivity contribution in [2.75, 3.05) is 39.7 Å². The molecule has 4 aromatic heterocycles. The van der Waals surface area contributed by atoms with Crippen LogP contribution in [-0.2, 0) is 25.7 Å². The number of nitrogens with zero attached hydrogens (tertiary/aromatic N) is 10. The van der Waals surface area contributed by atoms with Crippen molar-refractivity contribution in [3.8, 4) is 67.0 Å². The average Bonchev–Trinajstić information content (AvgIpc) is 4.24. The van der Waals surface area contributed by atoms with Gasteiger partial charge in [-0.3, -0.25) is 13.8 Å². The topological polar surface area (TPSA) is 278 Å². The largest absolute Gasteiger partial charge is 0.750 e. The van der Waals surface area contributed by atoms with Crippen molar-refractivity contribution >= 4 is 76.4 Å². The Morgan fingerprint density at radius 1 is 0.635 bits per heavy atom. The Hall–Kier alpha value is -8.24. The number of rotatable bonds is 18. The molecule has 1 atom stereocenters. The second kappa shape index (κ2) is 21.1. The summed E-state index contributed by atoms with van der Waals surface area (Å²) < 4.78 is 72.8. The maximum absolute atomic E-state index is 12.8. The number of carbonyl (C=O) groups is 2. The molecule has 0 saturated heterocycles. The molecule has 74 heavy (non-hydrogen) atoms. The van der Waals surface area contributed by atoms with Crippen LogP contribution in [0.25, 0.3) is 76.0 Å². The minimum atomic E-state index is -4.49. The maximum atomic E-state index is 12.8. The van der Waals surface area contributed by atoms with Crippen molar-refractivity contribution in [1.29, 1.82) is 0 Å². The molecule has 0 aliphatic carbocycles. The van der Waals surface area contributed by atoms with Gasteiger partial charge >= 0.3 is 11.6 Å². The summed E-state index contributed by atoms with van der Waals surface area (Å²) in [6, 6.07) is 39.7. The summed E-state index contributed by atoms with van der Waals surface area (Å²) >= 11 is 0.157. The number of tetrazole rings is 2. The van der Waals surface area contributed by atoms with Gasteiger partial charge < -0.3 is 29.2 Å². The van der Waals surface area contributed by atoms with Gasteiger partial charge in [0.1, 0.15) is 0 Å². The van der Waals surface area contributed by atoms with Crippen molar-refractivity contribution < 1.29 is 54.6 Å². The van der Waals surface area contributed by atoms with E-state index in [4.69, 9.17) is 39.8 Å². The predicted octanol–water partition coefficient (Wildman–Crippen LogP) is 4.45. The van der Waals surface area contributed by atoms with Crippen LogP contribution in [0.3, 0.4) is 0 Å². The SMILES string of the molecule is COc1cc(-c2ccc(-[n+]3nc(-c4ccc(C(=O)NCCS(=O)(=O)[O-])cc4)nn3-c3nc4ccccc4s3)c(OC)c2)ccc1-[n+]1nc(-c2ccc(C(=O)NCCOS(=O)[O-])cc2)nn1-c1nc2ccccc2s1. The zero-order valence-electron chi connectivity index (χ0n) is 38.7. The van der Waals surface area contributed by atoms with Crippen molar-refractivity contribution in [2.24, 2.45) is 0 Å². The number of amides is 2. The van der Waals surface area contributed by atoms with Crippen LogP contribution in [0.2, 0.25) is 0 Å². The number of para-hydroxylation sites is 2. The lowest BCUT2D eigenvalue weighted by Gasteiger charge is -2.10. The van der Waals surface area contributed by atoms with Crippen LogP contribution in [0, 0.1) is 0 Å². The van der Waals surface area contributed by atoms with Crippen molar-refractivity contribution in [2.45, 2.75) is 0 Å². The number of benzene rings is 6. The third kappa shape index (κ3) is 10.6. The quantitative estimate of drug-likeness (QED) is 0.0520. The van der Waals surface area contributed by atoms with Crippen LogP contribution < -0.4 is 29.7 Å². The summed E-state index contributed by atoms with van der Waals surface area (Å²) in [7, 11) is -1.39. The number of aromatic nitrogens is 10. The molecule has 2 amide bonds. The number of nitrogens with one attached hydrogen (secondary N) is 2. The number of methoxy groups -OCH3 is 2. The minimum Gasteiger partial charge on any atom is -0.750 e. The Balaban J connectivity index is 0.982. The van der Waals surface area contributed by atoms with E-state index < -0.39 is 39.0 Å². The number of fused-ring (bicyclic) bond motifs is 2. The standard InChI is InChI=1S/C48H38N12O10S4/c1-68-39-27-33(19-21-37(39)57-53-43(55-59(57)47-51-35-7-3-5-9-41(35)71-47)29-11-15-31(16-12-29)45(61)49-23-25-70-73(63)64)34-20-22-38(40(28-34)69-2)58-54-44(56-60(58)48-52-36-8-4-6-10-42(36)72-48)30-13-17-32(18-14-30)46(62)50-24-26-74(65,66)67/h3-22,27-28H,23-26H2,1-2H3,(H2-2,49,50,61,62,63,64,65,66,67). The van der Waals surface area contributed by atoms with Crippen LogP contribution in [0.1, 0.15) is 20.7 Å². The first-order chi connectivity index (χ1) is 35.8. The van der Waals surface area contributed by atoms with Gasteiger partial charge in [0.05, 0.1) is 89.8 Å². The molecule has 374 valence electrons. The summed E-state index contributed by atoms with van der Waals surface area (Å²) in [5.74, 6) is -0.190. The lowest BCUT2D eigenvalue weighted by atomic mass is 10.0. The van der Waals surface area contributed by atoms with E-state index in [1.807, 2.05) is 84.9 Å². The number of hydrogen-bond donors (Lipinski definition) is 2. The highest BCUT2D eigenvalue weighted by molar-refractivity contribution is 7.85. The zero-order valence-corrected chi connectivity index (χ0v) is 42.0. The van der Waals surface area contributed by atoms with Gasteiger partial charge in [0.25, 0.3) is 22.1 Å². The first kappa shape index (κ1) is 49.3. The Kier molecular flexibility index (Phi) is 14.1. The number of hydrogen-bond acceptors (Lipinski definition) is 18. The molecule has 10 rings (SSSR count). The average molecular weight is 1070 g/mol. The molecule has 0 spiro atoms. The van der Waals surface area contributed by atoms with Gasteiger partial charge in [0.15, 0.2) is 11.5 Å². The third-order valence-electron chi connectivity index (χ3n) is 11.2. The number of carbonyl (C=O) groups excluding carboxylic acids is 2. The lowest BCUT2D eigenvalue weighted by Crippen LogP contribution is -2.43. The van der Waals surface area contributed by atoms with Crippen molar-refractivity contribution in [3.05, 3.63) is 145 Å². The molecular weight excluding hydrogens is 1030 g/mol. The van der Waals surface area contributed by atoms with E-state index in [1.54, 1.807) is 81.9 Å². The summed E-state index contributed by atoms with van der Waals surface area (Å²) in [5, 5.41) is 25.7. The second-order valence-electron chi connectivity index (χ2n) is 15.9. The van der Waals surface area contributed by atoms with Gasteiger partial charge in [-0.05, 0) is 140 Å². The molecule has 4 heterocycles. The van der Waals surface area contributed by atoms with E-state index in [1.165, 1.54) is 22.7 Å². The van der Waals surface area contributed by atoms with Gasteiger partial charge in [-0.15, -0.1) is 0 Å². The van der Waals surface area contributed by atoms with E-state index in [-0.39, 0.29) is 25.3 Å². The number of thiazole rings is 2. The Bertz CT molecular complexity index is 3810. The molecule has 0 saturated carbocycles. The molecule has 0 fully saturated rings. The summed E-state index contributed by atoms with van der Waals surface area (Å²) in [6.07, 6.45) is 0. The lowest BCUT2D eigenvalue weighted by molar-refractivity contribution is -0.734. The van der Waals surface area contributed by atoms with Crippen molar-refractivity contribution in [1.82, 2.24) is 50.6 Å². The fraction of sp³-hybridized carbons (Fsp3) is 0.125. The van der Waals surface area contributed by atoms with E-state index in [0.717, 1.165) is 31.6 Å². The van der Waals surface area contributed by atoms with Crippen LogP contribution in [0.4, 0.5) is 0 Å². The summed E-state index contributed by atoms with van der Waals surface area (Å²) in [4.78, 5) is 41.5. The highest BCUT2D eigenvalue weighted by Gasteiger charge is 2.31. The molecule has 2 N–H and O–H groups in total. The third-order valence-corrected chi connectivity index (χ3v) is 14.2. The first-order valence-electron chi connectivity index (χ1n) is 22.1. The molecule has 0 aliphatic rings. The Morgan fingerprint density at radius 3 is 1.49 bits per heavy atom. The van der Waals surface area contributed by atoms with Gasteiger partial charge in [0.2, 0.25) is 11.4 Å². The van der Waals surface area contributed by atoms with E-state index in [0.29, 0.717) is 61.5 Å². The summed E-state index contributed by atoms with van der Waals surface area (Å²) in [5.41, 5.74) is 5.86. The highest BCUT2D eigenvalue weighted by atomic mass is 32.2. The van der Waals surface area contributed by atoms with E-state index in [9.17, 15) is 31.3 Å². The smallest absolute Gasteiger partial charge is 0.340 e. The zero-order chi connectivity index (χ0) is 51.5.